The van der Waals surface area contributed by atoms with Crippen LogP contribution in [0.4, 0.5) is 13.2 Å². The Balaban J connectivity index is 2.21. The van der Waals surface area contributed by atoms with Crippen LogP contribution in [0.3, 0.4) is 0 Å². The Bertz CT molecular complexity index is 199. The maximum absolute atomic E-state index is 11.9. The van der Waals surface area contributed by atoms with E-state index in [0.29, 0.717) is 6.54 Å². The molecule has 1 atom stereocenters. The number of aliphatic hydroxyl groups excluding tert-OH is 1. The van der Waals surface area contributed by atoms with E-state index in [2.05, 4.69) is 5.32 Å². The summed E-state index contributed by atoms with van der Waals surface area (Å²) in [5.41, 5.74) is -0.314. The second-order valence-corrected chi connectivity index (χ2v) is 3.93. The molecule has 1 rings (SSSR count). The average Bonchev–Trinajstić information content (AvgIpc) is 2.07. The minimum absolute atomic E-state index is 0.314. The summed E-state index contributed by atoms with van der Waals surface area (Å²) >= 11 is 0. The van der Waals surface area contributed by atoms with Crippen LogP contribution in [0.15, 0.2) is 0 Å². The number of rotatable bonds is 5. The molecular formula is C9H16F3NO2. The molecule has 0 spiro atoms. The van der Waals surface area contributed by atoms with Crippen LogP contribution in [-0.2, 0) is 4.74 Å². The van der Waals surface area contributed by atoms with Crippen molar-refractivity contribution in [3.05, 3.63) is 0 Å². The van der Waals surface area contributed by atoms with E-state index in [1.165, 1.54) is 0 Å². The van der Waals surface area contributed by atoms with Crippen LogP contribution >= 0.6 is 0 Å². The van der Waals surface area contributed by atoms with Crippen molar-refractivity contribution in [3.63, 3.8) is 0 Å². The van der Waals surface area contributed by atoms with Gasteiger partial charge in [-0.05, 0) is 19.3 Å². The van der Waals surface area contributed by atoms with E-state index >= 15 is 0 Å². The zero-order chi connectivity index (χ0) is 11.5. The van der Waals surface area contributed by atoms with Gasteiger partial charge in [-0.3, -0.25) is 0 Å². The largest absolute Gasteiger partial charge is 0.415 e. The topological polar surface area (TPSA) is 41.5 Å². The Kier molecular flexibility index (Phi) is 3.97. The molecule has 1 aliphatic carbocycles. The molecular weight excluding hydrogens is 211 g/mol. The summed E-state index contributed by atoms with van der Waals surface area (Å²) in [7, 11) is 1.56. The minimum Gasteiger partial charge on any atom is -0.382 e. The molecule has 6 heteroatoms. The highest BCUT2D eigenvalue weighted by molar-refractivity contribution is 4.91. The van der Waals surface area contributed by atoms with Crippen molar-refractivity contribution in [1.82, 2.24) is 5.32 Å². The van der Waals surface area contributed by atoms with Gasteiger partial charge in [0.2, 0.25) is 0 Å². The summed E-state index contributed by atoms with van der Waals surface area (Å²) in [6.07, 6.45) is -4.09. The van der Waals surface area contributed by atoms with Gasteiger partial charge in [-0.25, -0.2) is 0 Å². The number of aliphatic hydroxyl groups is 1. The lowest BCUT2D eigenvalue weighted by atomic mass is 9.80. The molecule has 0 heterocycles. The molecule has 90 valence electrons. The van der Waals surface area contributed by atoms with Crippen LogP contribution in [0, 0.1) is 0 Å². The summed E-state index contributed by atoms with van der Waals surface area (Å²) in [6.45, 7) is -0.120. The molecule has 2 N–H and O–H groups in total. The fraction of sp³-hybridized carbons (Fsp3) is 1.00. The van der Waals surface area contributed by atoms with Crippen LogP contribution in [-0.4, -0.2) is 43.2 Å². The standard InChI is InChI=1S/C9H16F3NO2/c1-15-8(3-2-4-8)6-13-5-7(14)9(10,11)12/h7,13-14H,2-6H2,1H3. The summed E-state index contributed by atoms with van der Waals surface area (Å²) in [5, 5.41) is 11.3. The Labute approximate surface area is 86.6 Å². The van der Waals surface area contributed by atoms with E-state index in [-0.39, 0.29) is 5.60 Å². The van der Waals surface area contributed by atoms with Crippen molar-refractivity contribution in [1.29, 1.82) is 0 Å². The first kappa shape index (κ1) is 12.7. The van der Waals surface area contributed by atoms with Crippen molar-refractivity contribution in [3.8, 4) is 0 Å². The lowest BCUT2D eigenvalue weighted by molar-refractivity contribution is -0.202. The summed E-state index contributed by atoms with van der Waals surface area (Å²) in [4.78, 5) is 0. The molecule has 1 unspecified atom stereocenters. The quantitative estimate of drug-likeness (QED) is 0.738. The van der Waals surface area contributed by atoms with Crippen molar-refractivity contribution < 1.29 is 23.0 Å². The summed E-state index contributed by atoms with van der Waals surface area (Å²) in [6, 6.07) is 0. The van der Waals surface area contributed by atoms with Gasteiger partial charge in [-0.1, -0.05) is 0 Å². The molecule has 0 bridgehead atoms. The molecule has 3 nitrogen and oxygen atoms in total. The third-order valence-corrected chi connectivity index (χ3v) is 2.86. The first-order valence-electron chi connectivity index (χ1n) is 4.90. The predicted octanol–water partition coefficient (Wildman–Crippen LogP) is 1.07. The fourth-order valence-corrected chi connectivity index (χ4v) is 1.58. The number of methoxy groups -OCH3 is 1. The molecule has 0 aliphatic heterocycles. The molecule has 0 amide bonds. The molecule has 0 aromatic rings. The lowest BCUT2D eigenvalue weighted by Crippen LogP contribution is -2.50. The van der Waals surface area contributed by atoms with Gasteiger partial charge in [0.05, 0.1) is 5.60 Å². The Hall–Kier alpha value is -0.330. The van der Waals surface area contributed by atoms with Gasteiger partial charge in [0.25, 0.3) is 0 Å². The monoisotopic (exact) mass is 227 g/mol. The SMILES string of the molecule is COC1(CNCC(O)C(F)(F)F)CCC1. The number of alkyl halides is 3. The molecule has 0 saturated heterocycles. The van der Waals surface area contributed by atoms with E-state index in [1.54, 1.807) is 7.11 Å². The molecule has 0 radical (unpaired) electrons. The zero-order valence-corrected chi connectivity index (χ0v) is 8.60. The summed E-state index contributed by atoms with van der Waals surface area (Å²) < 4.78 is 41.0. The smallest absolute Gasteiger partial charge is 0.382 e. The lowest BCUT2D eigenvalue weighted by Gasteiger charge is -2.40. The Morgan fingerprint density at radius 3 is 2.40 bits per heavy atom. The van der Waals surface area contributed by atoms with E-state index in [4.69, 9.17) is 9.84 Å². The van der Waals surface area contributed by atoms with Gasteiger partial charge in [0.1, 0.15) is 0 Å². The maximum Gasteiger partial charge on any atom is 0.415 e. The highest BCUT2D eigenvalue weighted by Gasteiger charge is 2.40. The number of halogens is 3. The molecule has 1 aliphatic rings. The normalized spacial score (nSPS) is 22.2. The number of hydrogen-bond donors (Lipinski definition) is 2. The summed E-state index contributed by atoms with van der Waals surface area (Å²) in [5.74, 6) is 0. The van der Waals surface area contributed by atoms with Crippen LogP contribution in [0.25, 0.3) is 0 Å². The third kappa shape index (κ3) is 3.32. The molecule has 1 saturated carbocycles. The van der Waals surface area contributed by atoms with E-state index < -0.39 is 18.8 Å². The van der Waals surface area contributed by atoms with Gasteiger partial charge >= 0.3 is 6.18 Å². The van der Waals surface area contributed by atoms with Crippen molar-refractivity contribution in [2.24, 2.45) is 0 Å². The van der Waals surface area contributed by atoms with Crippen LogP contribution < -0.4 is 5.32 Å². The third-order valence-electron chi connectivity index (χ3n) is 2.86. The number of hydrogen-bond acceptors (Lipinski definition) is 3. The van der Waals surface area contributed by atoms with Gasteiger partial charge < -0.3 is 15.2 Å². The second kappa shape index (κ2) is 4.67. The van der Waals surface area contributed by atoms with Gasteiger partial charge in [-0.15, -0.1) is 0 Å². The number of nitrogens with one attached hydrogen (secondary N) is 1. The minimum atomic E-state index is -4.55. The average molecular weight is 227 g/mol. The molecule has 15 heavy (non-hydrogen) atoms. The van der Waals surface area contributed by atoms with Crippen LogP contribution in [0.2, 0.25) is 0 Å². The van der Waals surface area contributed by atoms with Gasteiger partial charge in [0, 0.05) is 20.2 Å². The van der Waals surface area contributed by atoms with E-state index in [1.807, 2.05) is 0 Å². The second-order valence-electron chi connectivity index (χ2n) is 3.93. The van der Waals surface area contributed by atoms with Crippen molar-refractivity contribution >= 4 is 0 Å². The maximum atomic E-state index is 11.9. The van der Waals surface area contributed by atoms with Gasteiger partial charge in [0.15, 0.2) is 6.10 Å². The zero-order valence-electron chi connectivity index (χ0n) is 8.60. The van der Waals surface area contributed by atoms with Crippen molar-refractivity contribution in [2.45, 2.75) is 37.1 Å². The molecule has 0 aromatic heterocycles. The van der Waals surface area contributed by atoms with Crippen LogP contribution in [0.5, 0.6) is 0 Å². The first-order chi connectivity index (χ1) is 6.90. The fourth-order valence-electron chi connectivity index (χ4n) is 1.58. The number of ether oxygens (including phenoxy) is 1. The van der Waals surface area contributed by atoms with Crippen LogP contribution in [0.1, 0.15) is 19.3 Å². The molecule has 1 fully saturated rings. The van der Waals surface area contributed by atoms with E-state index in [0.717, 1.165) is 19.3 Å². The van der Waals surface area contributed by atoms with Gasteiger partial charge in [-0.2, -0.15) is 13.2 Å². The molecule has 0 aromatic carbocycles. The predicted molar refractivity (Wildman–Crippen MR) is 48.5 cm³/mol. The van der Waals surface area contributed by atoms with Crippen molar-refractivity contribution in [2.75, 3.05) is 20.2 Å². The highest BCUT2D eigenvalue weighted by Crippen LogP contribution is 2.34. The van der Waals surface area contributed by atoms with E-state index in [9.17, 15) is 13.2 Å². The highest BCUT2D eigenvalue weighted by atomic mass is 19.4. The Morgan fingerprint density at radius 2 is 2.07 bits per heavy atom. The Morgan fingerprint density at radius 1 is 1.47 bits per heavy atom. The first-order valence-corrected chi connectivity index (χ1v) is 4.90.